The lowest BCUT2D eigenvalue weighted by molar-refractivity contribution is -0.289. The van der Waals surface area contributed by atoms with E-state index < -0.39 is 23.3 Å². The van der Waals surface area contributed by atoms with Crippen molar-refractivity contribution in [2.75, 3.05) is 5.73 Å². The molecule has 0 aliphatic rings. The zero-order valence-electron chi connectivity index (χ0n) is 8.41. The molecule has 0 unspecified atom stereocenters. The normalized spacial score (nSPS) is 12.9. The number of nitrogen functional groups attached to an aromatic ring is 1. The van der Waals surface area contributed by atoms with Gasteiger partial charge in [-0.05, 0) is 24.1 Å². The maximum atomic E-state index is 13.0. The molecule has 0 saturated carbocycles. The van der Waals surface area contributed by atoms with Crippen LogP contribution in [0, 0.1) is 0 Å². The second kappa shape index (κ2) is 3.92. The number of alkyl halides is 5. The van der Waals surface area contributed by atoms with Crippen molar-refractivity contribution in [1.82, 2.24) is 0 Å². The fourth-order valence-corrected chi connectivity index (χ4v) is 1.25. The summed E-state index contributed by atoms with van der Waals surface area (Å²) in [6, 6.07) is 3.28. The molecule has 0 aromatic heterocycles. The summed E-state index contributed by atoms with van der Waals surface area (Å²) in [5, 5.41) is 0. The summed E-state index contributed by atoms with van der Waals surface area (Å²) >= 11 is 0. The zero-order chi connectivity index (χ0) is 12.6. The Hall–Kier alpha value is -1.33. The molecule has 0 fully saturated rings. The molecule has 90 valence electrons. The van der Waals surface area contributed by atoms with E-state index in [0.717, 1.165) is 12.1 Å². The summed E-state index contributed by atoms with van der Waals surface area (Å²) < 4.78 is 62.5. The molecule has 0 bridgehead atoms. The Kier molecular flexibility index (Phi) is 3.12. The molecular weight excluding hydrogens is 229 g/mol. The van der Waals surface area contributed by atoms with Gasteiger partial charge in [0, 0.05) is 5.69 Å². The van der Waals surface area contributed by atoms with Gasteiger partial charge in [-0.3, -0.25) is 0 Å². The molecule has 0 spiro atoms. The molecule has 0 aliphatic carbocycles. The first-order chi connectivity index (χ1) is 7.20. The number of nitrogens with two attached hydrogens (primary N) is 1. The second-order valence-electron chi connectivity index (χ2n) is 3.35. The highest BCUT2D eigenvalue weighted by Gasteiger charge is 2.59. The van der Waals surface area contributed by atoms with E-state index in [1.54, 1.807) is 6.92 Å². The van der Waals surface area contributed by atoms with Gasteiger partial charge in [-0.25, -0.2) is 0 Å². The van der Waals surface area contributed by atoms with Gasteiger partial charge in [0.05, 0.1) is 5.56 Å². The molecule has 2 N–H and O–H groups in total. The van der Waals surface area contributed by atoms with Crippen LogP contribution in [-0.2, 0) is 12.3 Å². The van der Waals surface area contributed by atoms with Crippen molar-refractivity contribution in [2.45, 2.75) is 25.4 Å². The first-order valence-corrected chi connectivity index (χ1v) is 4.53. The van der Waals surface area contributed by atoms with Crippen LogP contribution in [-0.4, -0.2) is 6.18 Å². The maximum Gasteiger partial charge on any atom is 0.458 e. The molecule has 1 nitrogen and oxygen atoms in total. The Morgan fingerprint density at radius 1 is 1.12 bits per heavy atom. The van der Waals surface area contributed by atoms with Crippen molar-refractivity contribution in [1.29, 1.82) is 0 Å². The van der Waals surface area contributed by atoms with E-state index >= 15 is 0 Å². The van der Waals surface area contributed by atoms with Gasteiger partial charge in [-0.2, -0.15) is 22.0 Å². The molecule has 0 heterocycles. The fraction of sp³-hybridized carbons (Fsp3) is 0.400. The zero-order valence-corrected chi connectivity index (χ0v) is 8.41. The topological polar surface area (TPSA) is 26.0 Å². The van der Waals surface area contributed by atoms with Crippen LogP contribution in [0.25, 0.3) is 0 Å². The third-order valence-corrected chi connectivity index (χ3v) is 2.22. The molecule has 0 aliphatic heterocycles. The van der Waals surface area contributed by atoms with Crippen LogP contribution in [0.15, 0.2) is 18.2 Å². The van der Waals surface area contributed by atoms with E-state index in [-0.39, 0.29) is 0 Å². The minimum absolute atomic E-state index is 0.362. The highest BCUT2D eigenvalue weighted by molar-refractivity contribution is 5.51. The van der Waals surface area contributed by atoms with Gasteiger partial charge in [0.2, 0.25) is 0 Å². The summed E-state index contributed by atoms with van der Waals surface area (Å²) in [5.41, 5.74) is 3.79. The maximum absolute atomic E-state index is 13.0. The Morgan fingerprint density at radius 2 is 1.69 bits per heavy atom. The second-order valence-corrected chi connectivity index (χ2v) is 3.35. The molecule has 1 aromatic rings. The molecule has 6 heteroatoms. The lowest BCUT2D eigenvalue weighted by Crippen LogP contribution is -2.34. The summed E-state index contributed by atoms with van der Waals surface area (Å²) in [5.74, 6) is -4.91. The summed E-state index contributed by atoms with van der Waals surface area (Å²) in [7, 11) is 0. The van der Waals surface area contributed by atoms with Gasteiger partial charge in [-0.1, -0.05) is 13.0 Å². The predicted molar refractivity (Wildman–Crippen MR) is 50.2 cm³/mol. The standard InChI is InChI=1S/C10H10F5N/c1-2-6-3-4-8(16)7(5-6)9(11,12)10(13,14)15/h3-5H,2,16H2,1H3. The minimum Gasteiger partial charge on any atom is -0.398 e. The quantitative estimate of drug-likeness (QED) is 0.620. The Morgan fingerprint density at radius 3 is 2.12 bits per heavy atom. The lowest BCUT2D eigenvalue weighted by atomic mass is 10.0. The predicted octanol–water partition coefficient (Wildman–Crippen LogP) is 3.49. The van der Waals surface area contributed by atoms with E-state index in [9.17, 15) is 22.0 Å². The fourth-order valence-electron chi connectivity index (χ4n) is 1.25. The van der Waals surface area contributed by atoms with Crippen LogP contribution < -0.4 is 5.73 Å². The Balaban J connectivity index is 3.31. The van der Waals surface area contributed by atoms with Gasteiger partial charge >= 0.3 is 12.1 Å². The number of anilines is 1. The van der Waals surface area contributed by atoms with Crippen LogP contribution in [0.5, 0.6) is 0 Å². The van der Waals surface area contributed by atoms with E-state index in [2.05, 4.69) is 0 Å². The SMILES string of the molecule is CCc1ccc(N)c(C(F)(F)C(F)(F)F)c1. The van der Waals surface area contributed by atoms with E-state index in [0.29, 0.717) is 12.0 Å². The van der Waals surface area contributed by atoms with Crippen LogP contribution >= 0.6 is 0 Å². The van der Waals surface area contributed by atoms with Crippen molar-refractivity contribution < 1.29 is 22.0 Å². The van der Waals surface area contributed by atoms with Crippen molar-refractivity contribution in [3.63, 3.8) is 0 Å². The minimum atomic E-state index is -5.63. The van der Waals surface area contributed by atoms with E-state index in [1.807, 2.05) is 0 Å². The molecule has 1 rings (SSSR count). The van der Waals surface area contributed by atoms with Crippen LogP contribution in [0.2, 0.25) is 0 Å². The van der Waals surface area contributed by atoms with E-state index in [4.69, 9.17) is 5.73 Å². The van der Waals surface area contributed by atoms with Crippen LogP contribution in [0.1, 0.15) is 18.1 Å². The average Bonchev–Trinajstić information content (AvgIpc) is 2.16. The van der Waals surface area contributed by atoms with Crippen molar-refractivity contribution >= 4 is 5.69 Å². The number of halogens is 5. The number of aryl methyl sites for hydroxylation is 1. The average molecular weight is 239 g/mol. The first kappa shape index (κ1) is 12.7. The molecule has 1 aromatic carbocycles. The number of hydrogen-bond donors (Lipinski definition) is 1. The van der Waals surface area contributed by atoms with Gasteiger partial charge < -0.3 is 5.73 Å². The third-order valence-electron chi connectivity index (χ3n) is 2.22. The van der Waals surface area contributed by atoms with Gasteiger partial charge in [0.25, 0.3) is 0 Å². The van der Waals surface area contributed by atoms with Gasteiger partial charge in [0.15, 0.2) is 0 Å². The van der Waals surface area contributed by atoms with E-state index in [1.165, 1.54) is 6.07 Å². The van der Waals surface area contributed by atoms with Crippen LogP contribution in [0.3, 0.4) is 0 Å². The Bertz CT molecular complexity index is 383. The highest BCUT2D eigenvalue weighted by Crippen LogP contribution is 2.45. The molecular formula is C10H10F5N. The smallest absolute Gasteiger partial charge is 0.398 e. The van der Waals surface area contributed by atoms with Crippen molar-refractivity contribution in [3.05, 3.63) is 29.3 Å². The van der Waals surface area contributed by atoms with Crippen molar-refractivity contribution in [2.24, 2.45) is 0 Å². The molecule has 0 radical (unpaired) electrons. The van der Waals surface area contributed by atoms with Gasteiger partial charge in [-0.15, -0.1) is 0 Å². The number of hydrogen-bond acceptors (Lipinski definition) is 1. The number of benzene rings is 1. The van der Waals surface area contributed by atoms with Crippen molar-refractivity contribution in [3.8, 4) is 0 Å². The third kappa shape index (κ3) is 2.10. The molecule has 16 heavy (non-hydrogen) atoms. The number of rotatable bonds is 2. The summed E-state index contributed by atoms with van der Waals surface area (Å²) in [6.45, 7) is 1.65. The lowest BCUT2D eigenvalue weighted by Gasteiger charge is -2.21. The molecule has 0 atom stereocenters. The summed E-state index contributed by atoms with van der Waals surface area (Å²) in [4.78, 5) is 0. The first-order valence-electron chi connectivity index (χ1n) is 4.53. The van der Waals surface area contributed by atoms with Crippen LogP contribution in [0.4, 0.5) is 27.6 Å². The molecule has 0 amide bonds. The van der Waals surface area contributed by atoms with Gasteiger partial charge in [0.1, 0.15) is 0 Å². The highest BCUT2D eigenvalue weighted by atomic mass is 19.4. The largest absolute Gasteiger partial charge is 0.458 e. The Labute approximate surface area is 89.1 Å². The monoisotopic (exact) mass is 239 g/mol. The summed E-state index contributed by atoms with van der Waals surface area (Å²) in [6.07, 6.45) is -5.27. The molecule has 0 saturated heterocycles.